The van der Waals surface area contributed by atoms with E-state index in [1.54, 1.807) is 6.07 Å². The molecule has 0 aliphatic carbocycles. The van der Waals surface area contributed by atoms with Crippen molar-refractivity contribution < 1.29 is 9.18 Å². The number of carbonyl (C=O) groups is 1. The van der Waals surface area contributed by atoms with Gasteiger partial charge in [-0.1, -0.05) is 11.6 Å². The Kier molecular flexibility index (Phi) is 5.18. The van der Waals surface area contributed by atoms with Gasteiger partial charge in [-0.05, 0) is 61.9 Å². The van der Waals surface area contributed by atoms with E-state index in [-0.39, 0.29) is 11.3 Å². The van der Waals surface area contributed by atoms with Crippen LogP contribution in [0.3, 0.4) is 0 Å². The number of anilines is 1. The molecule has 4 rings (SSSR count). The maximum absolute atomic E-state index is 13.0. The zero-order chi connectivity index (χ0) is 20.6. The molecule has 0 unspecified atom stereocenters. The number of halogens is 2. The molecule has 0 bridgehead atoms. The molecule has 29 heavy (non-hydrogen) atoms. The first-order valence-electron chi connectivity index (χ1n) is 9.78. The van der Waals surface area contributed by atoms with Crippen LogP contribution in [0, 0.1) is 22.7 Å². The fourth-order valence-corrected chi connectivity index (χ4v) is 4.89. The Hall–Kier alpha value is -2.65. The Morgan fingerprint density at radius 2 is 2.07 bits per heavy atom. The number of carbonyl (C=O) groups excluding carboxylic acids is 1. The highest BCUT2D eigenvalue weighted by Gasteiger charge is 2.44. The predicted octanol–water partition coefficient (Wildman–Crippen LogP) is 4.27. The van der Waals surface area contributed by atoms with Gasteiger partial charge in [0, 0.05) is 37.6 Å². The average Bonchev–Trinajstić information content (AvgIpc) is 3.04. The Morgan fingerprint density at radius 3 is 2.69 bits per heavy atom. The highest BCUT2D eigenvalue weighted by Crippen LogP contribution is 2.45. The first-order chi connectivity index (χ1) is 13.9. The average molecular weight is 413 g/mol. The van der Waals surface area contributed by atoms with Crippen LogP contribution < -0.4 is 4.90 Å². The maximum atomic E-state index is 13.0. The number of likely N-dealkylation sites (tertiary alicyclic amines) is 1. The van der Waals surface area contributed by atoms with Crippen LogP contribution in [-0.2, 0) is 0 Å². The summed E-state index contributed by atoms with van der Waals surface area (Å²) in [6.07, 6.45) is 4.22. The van der Waals surface area contributed by atoms with Gasteiger partial charge in [-0.25, -0.2) is 4.98 Å². The van der Waals surface area contributed by atoms with Crippen LogP contribution in [0.4, 0.5) is 10.1 Å². The minimum atomic E-state index is -0.581. The Bertz CT molecular complexity index is 964. The molecule has 7 heteroatoms. The second-order valence-corrected chi connectivity index (χ2v) is 8.53. The lowest BCUT2D eigenvalue weighted by Crippen LogP contribution is -2.44. The van der Waals surface area contributed by atoms with Gasteiger partial charge in [0.2, 0.25) is 5.95 Å². The number of nitriles is 1. The summed E-state index contributed by atoms with van der Waals surface area (Å²) in [5, 5.41) is 9.57. The number of aromatic nitrogens is 1. The zero-order valence-corrected chi connectivity index (χ0v) is 17.0. The van der Waals surface area contributed by atoms with Gasteiger partial charge in [-0.2, -0.15) is 9.65 Å². The van der Waals surface area contributed by atoms with E-state index in [0.29, 0.717) is 35.3 Å². The molecule has 3 heterocycles. The molecular formula is C22H22ClFN4O. The van der Waals surface area contributed by atoms with Gasteiger partial charge in [-0.3, -0.25) is 4.79 Å². The summed E-state index contributed by atoms with van der Waals surface area (Å²) >= 11 is 6.23. The van der Waals surface area contributed by atoms with Crippen molar-refractivity contribution in [3.05, 3.63) is 58.6 Å². The van der Waals surface area contributed by atoms with E-state index in [1.165, 1.54) is 18.3 Å². The Balaban J connectivity index is 1.43. The number of hydrogen-bond acceptors (Lipinski definition) is 4. The van der Waals surface area contributed by atoms with E-state index in [0.717, 1.165) is 31.5 Å². The highest BCUT2D eigenvalue weighted by molar-refractivity contribution is 6.32. The molecule has 2 aliphatic rings. The van der Waals surface area contributed by atoms with Crippen LogP contribution in [0.2, 0.25) is 5.02 Å². The summed E-state index contributed by atoms with van der Waals surface area (Å²) in [5.74, 6) is -0.670. The summed E-state index contributed by atoms with van der Waals surface area (Å²) in [6, 6.07) is 10.8. The fraction of sp³-hybridized carbons (Fsp3) is 0.409. The summed E-state index contributed by atoms with van der Waals surface area (Å²) in [4.78, 5) is 20.5. The van der Waals surface area contributed by atoms with Gasteiger partial charge in [0.25, 0.3) is 5.91 Å². The van der Waals surface area contributed by atoms with Crippen LogP contribution in [0.15, 0.2) is 36.5 Å². The Labute approximate surface area is 174 Å². The second kappa shape index (κ2) is 7.64. The standard InChI is InChI=1S/C22H22ClFN4O/c1-15-11-22(14-28(15)18-4-2-16(12-25)19(23)10-18)6-8-27(9-7-22)21(29)17-3-5-20(24)26-13-17/h2-5,10,13,15H,6-9,11,14H2,1H3/t15-/m0/s1. The largest absolute Gasteiger partial charge is 0.368 e. The lowest BCUT2D eigenvalue weighted by Gasteiger charge is -2.39. The molecule has 0 radical (unpaired) electrons. The van der Waals surface area contributed by atoms with Gasteiger partial charge < -0.3 is 9.80 Å². The number of amides is 1. The first-order valence-corrected chi connectivity index (χ1v) is 10.2. The lowest BCUT2D eigenvalue weighted by molar-refractivity contribution is 0.0606. The molecule has 1 aromatic carbocycles. The van der Waals surface area contributed by atoms with E-state index < -0.39 is 5.95 Å². The predicted molar refractivity (Wildman–Crippen MR) is 109 cm³/mol. The van der Waals surface area contributed by atoms with Crippen LogP contribution in [0.5, 0.6) is 0 Å². The van der Waals surface area contributed by atoms with E-state index in [9.17, 15) is 9.18 Å². The first kappa shape index (κ1) is 19.7. The van der Waals surface area contributed by atoms with Crippen molar-refractivity contribution in [2.75, 3.05) is 24.5 Å². The van der Waals surface area contributed by atoms with Crippen LogP contribution in [0.25, 0.3) is 0 Å². The molecular weight excluding hydrogens is 391 g/mol. The number of nitrogens with zero attached hydrogens (tertiary/aromatic N) is 4. The van der Waals surface area contributed by atoms with Gasteiger partial charge >= 0.3 is 0 Å². The molecule has 2 fully saturated rings. The molecule has 1 atom stereocenters. The van der Waals surface area contributed by atoms with E-state index >= 15 is 0 Å². The molecule has 0 N–H and O–H groups in total. The van der Waals surface area contributed by atoms with Crippen LogP contribution in [0.1, 0.15) is 42.1 Å². The number of piperidine rings is 1. The normalized spacial score (nSPS) is 20.7. The quantitative estimate of drug-likeness (QED) is 0.691. The topological polar surface area (TPSA) is 60.2 Å². The number of pyridine rings is 1. The summed E-state index contributed by atoms with van der Waals surface area (Å²) in [7, 11) is 0. The summed E-state index contributed by atoms with van der Waals surface area (Å²) in [6.45, 7) is 4.49. The van der Waals surface area contributed by atoms with Crippen molar-refractivity contribution in [1.29, 1.82) is 5.26 Å². The van der Waals surface area contributed by atoms with Crippen molar-refractivity contribution in [2.24, 2.45) is 5.41 Å². The molecule has 2 aliphatic heterocycles. The van der Waals surface area contributed by atoms with Crippen LogP contribution in [-0.4, -0.2) is 41.5 Å². The summed E-state index contributed by atoms with van der Waals surface area (Å²) in [5.41, 5.74) is 2.11. The van der Waals surface area contributed by atoms with Crippen molar-refractivity contribution in [3.63, 3.8) is 0 Å². The van der Waals surface area contributed by atoms with Crippen molar-refractivity contribution in [1.82, 2.24) is 9.88 Å². The molecule has 1 aromatic heterocycles. The smallest absolute Gasteiger partial charge is 0.255 e. The van der Waals surface area contributed by atoms with Crippen molar-refractivity contribution in [2.45, 2.75) is 32.2 Å². The van der Waals surface area contributed by atoms with Crippen LogP contribution >= 0.6 is 11.6 Å². The van der Waals surface area contributed by atoms with Crippen molar-refractivity contribution >= 4 is 23.2 Å². The molecule has 2 saturated heterocycles. The van der Waals surface area contributed by atoms with Crippen molar-refractivity contribution in [3.8, 4) is 6.07 Å². The third-order valence-corrected chi connectivity index (χ3v) is 6.57. The lowest BCUT2D eigenvalue weighted by atomic mass is 9.76. The fourth-order valence-electron chi connectivity index (χ4n) is 4.67. The van der Waals surface area contributed by atoms with Gasteiger partial charge in [0.05, 0.1) is 16.1 Å². The molecule has 2 aromatic rings. The molecule has 0 saturated carbocycles. The van der Waals surface area contributed by atoms with E-state index in [1.807, 2.05) is 17.0 Å². The Morgan fingerprint density at radius 1 is 1.31 bits per heavy atom. The third kappa shape index (κ3) is 3.79. The molecule has 150 valence electrons. The number of rotatable bonds is 2. The molecule has 5 nitrogen and oxygen atoms in total. The summed E-state index contributed by atoms with van der Waals surface area (Å²) < 4.78 is 13.0. The van der Waals surface area contributed by atoms with Gasteiger partial charge in [0.15, 0.2) is 0 Å². The minimum Gasteiger partial charge on any atom is -0.368 e. The number of hydrogen-bond donors (Lipinski definition) is 0. The molecule has 1 amide bonds. The SMILES string of the molecule is C[C@H]1CC2(CCN(C(=O)c3ccc(F)nc3)CC2)CN1c1ccc(C#N)c(Cl)c1. The second-order valence-electron chi connectivity index (χ2n) is 8.12. The highest BCUT2D eigenvalue weighted by atomic mass is 35.5. The third-order valence-electron chi connectivity index (χ3n) is 6.26. The minimum absolute atomic E-state index is 0.0888. The monoisotopic (exact) mass is 412 g/mol. The van der Waals surface area contributed by atoms with Gasteiger partial charge in [0.1, 0.15) is 6.07 Å². The zero-order valence-electron chi connectivity index (χ0n) is 16.2. The molecule has 1 spiro atoms. The maximum Gasteiger partial charge on any atom is 0.255 e. The van der Waals surface area contributed by atoms with E-state index in [2.05, 4.69) is 22.9 Å². The van der Waals surface area contributed by atoms with E-state index in [4.69, 9.17) is 16.9 Å². The number of benzene rings is 1. The van der Waals surface area contributed by atoms with Gasteiger partial charge in [-0.15, -0.1) is 0 Å².